The van der Waals surface area contributed by atoms with Gasteiger partial charge in [-0.25, -0.2) is 9.78 Å². The van der Waals surface area contributed by atoms with E-state index in [1.165, 1.54) is 23.9 Å². The Hall–Kier alpha value is -6.77. The van der Waals surface area contributed by atoms with Gasteiger partial charge in [0.1, 0.15) is 12.3 Å². The Morgan fingerprint density at radius 2 is 1.66 bits per heavy atom. The molecule has 12 nitrogen and oxygen atoms in total. The van der Waals surface area contributed by atoms with Gasteiger partial charge in [-0.15, -0.1) is 0 Å². The third-order valence-electron chi connectivity index (χ3n) is 8.14. The fourth-order valence-corrected chi connectivity index (χ4v) is 5.38. The molecular formula is C38H32F3N7O5. The van der Waals surface area contributed by atoms with E-state index in [1.807, 2.05) is 12.1 Å². The Balaban J connectivity index is 1.07. The van der Waals surface area contributed by atoms with Gasteiger partial charge >= 0.3 is 12.1 Å². The zero-order chi connectivity index (χ0) is 37.7. The average Bonchev–Trinajstić information content (AvgIpc) is 3.78. The molecule has 0 fully saturated rings. The van der Waals surface area contributed by atoms with Crippen LogP contribution < -0.4 is 16.0 Å². The smallest absolute Gasteiger partial charge is 0.416 e. The van der Waals surface area contributed by atoms with Gasteiger partial charge in [0.2, 0.25) is 0 Å². The van der Waals surface area contributed by atoms with Gasteiger partial charge in [-0.2, -0.15) is 18.3 Å². The lowest BCUT2D eigenvalue weighted by molar-refractivity contribution is -0.155. The molecule has 4 aromatic carbocycles. The number of alkyl halides is 3. The van der Waals surface area contributed by atoms with Gasteiger partial charge in [0.05, 0.1) is 29.1 Å². The zero-order valence-corrected chi connectivity index (χ0v) is 28.3. The number of nitrogens with zero attached hydrogens (tertiary/aromatic N) is 3. The van der Waals surface area contributed by atoms with E-state index in [2.05, 4.69) is 31.1 Å². The first kappa shape index (κ1) is 36.0. The number of anilines is 2. The van der Waals surface area contributed by atoms with Gasteiger partial charge < -0.3 is 25.3 Å². The van der Waals surface area contributed by atoms with E-state index in [4.69, 9.17) is 4.74 Å². The number of rotatable bonds is 12. The minimum absolute atomic E-state index is 0.0759. The van der Waals surface area contributed by atoms with Crippen molar-refractivity contribution in [1.29, 1.82) is 0 Å². The fourth-order valence-electron chi connectivity index (χ4n) is 5.38. The van der Waals surface area contributed by atoms with Crippen molar-refractivity contribution in [2.45, 2.75) is 39.2 Å². The molecular weight excluding hydrogens is 691 g/mol. The number of ether oxygens (including phenoxy) is 1. The number of aromatic nitrogens is 4. The van der Waals surface area contributed by atoms with Crippen LogP contribution in [0.15, 0.2) is 104 Å². The van der Waals surface area contributed by atoms with Crippen LogP contribution in [-0.2, 0) is 33.7 Å². The van der Waals surface area contributed by atoms with E-state index in [9.17, 15) is 32.3 Å². The predicted molar refractivity (Wildman–Crippen MR) is 189 cm³/mol. The van der Waals surface area contributed by atoms with E-state index in [-0.39, 0.29) is 23.6 Å². The SMILES string of the molecule is Cc1cn(-c2cc(C(=O)Nc3cccc(CNc4ccc5c(C(=O)N[C@@H](C)C(=O)C(=O)OCc6ccccc6)[nH]nc5c4)c3)cc(C(F)(F)F)c2)cn1. The number of amides is 2. The molecule has 0 aliphatic heterocycles. The maximum Gasteiger partial charge on any atom is 0.416 e. The molecule has 0 radical (unpaired) electrons. The molecule has 2 amide bonds. The number of hydrogen-bond acceptors (Lipinski definition) is 8. The van der Waals surface area contributed by atoms with Crippen LogP contribution in [0, 0.1) is 6.92 Å². The number of halogens is 3. The number of imidazole rings is 1. The van der Waals surface area contributed by atoms with E-state index < -0.39 is 41.3 Å². The van der Waals surface area contributed by atoms with Gasteiger partial charge in [0.15, 0.2) is 0 Å². The molecule has 0 bridgehead atoms. The molecule has 0 aliphatic carbocycles. The van der Waals surface area contributed by atoms with E-state index >= 15 is 0 Å². The number of aryl methyl sites for hydroxylation is 1. The lowest BCUT2D eigenvalue weighted by Crippen LogP contribution is -2.42. The summed E-state index contributed by atoms with van der Waals surface area (Å²) in [5.74, 6) is -3.32. The molecule has 6 rings (SSSR count). The summed E-state index contributed by atoms with van der Waals surface area (Å²) in [6.45, 7) is 3.32. The number of fused-ring (bicyclic) bond motifs is 1. The van der Waals surface area contributed by atoms with E-state index in [1.54, 1.807) is 73.8 Å². The number of benzene rings is 4. The fraction of sp³-hybridized carbons (Fsp3) is 0.158. The Labute approximate surface area is 300 Å². The summed E-state index contributed by atoms with van der Waals surface area (Å²) in [6.07, 6.45) is -1.73. The Morgan fingerprint density at radius 3 is 2.40 bits per heavy atom. The van der Waals surface area contributed by atoms with Crippen molar-refractivity contribution in [3.05, 3.63) is 137 Å². The normalized spacial score (nSPS) is 11.9. The number of Topliss-reactive ketones (excluding diaryl/α,β-unsaturated/α-hetero) is 1. The molecule has 0 aliphatic rings. The van der Waals surface area contributed by atoms with Crippen molar-refractivity contribution in [3.8, 4) is 5.69 Å². The second kappa shape index (κ2) is 15.2. The lowest BCUT2D eigenvalue weighted by Gasteiger charge is -2.13. The molecule has 0 unspecified atom stereocenters. The molecule has 53 heavy (non-hydrogen) atoms. The molecule has 0 saturated carbocycles. The highest BCUT2D eigenvalue weighted by molar-refractivity contribution is 6.36. The summed E-state index contributed by atoms with van der Waals surface area (Å²) in [6, 6.07) is 22.8. The minimum atomic E-state index is -4.67. The van der Waals surface area contributed by atoms with Gasteiger partial charge in [0.25, 0.3) is 17.6 Å². The highest BCUT2D eigenvalue weighted by atomic mass is 19.4. The van der Waals surface area contributed by atoms with Gasteiger partial charge in [-0.1, -0.05) is 42.5 Å². The number of hydrogen-bond donors (Lipinski definition) is 4. The number of carbonyl (C=O) groups is 4. The van der Waals surface area contributed by atoms with Crippen molar-refractivity contribution in [1.82, 2.24) is 25.1 Å². The van der Waals surface area contributed by atoms with Gasteiger partial charge in [-0.3, -0.25) is 19.5 Å². The number of esters is 1. The number of carbonyl (C=O) groups excluding carboxylic acids is 4. The molecule has 6 aromatic rings. The van der Waals surface area contributed by atoms with Gasteiger partial charge in [0, 0.05) is 40.8 Å². The molecule has 2 heterocycles. The quantitative estimate of drug-likeness (QED) is 0.0837. The van der Waals surface area contributed by atoms with E-state index in [0.29, 0.717) is 40.1 Å². The summed E-state index contributed by atoms with van der Waals surface area (Å²) < 4.78 is 47.6. The van der Waals surface area contributed by atoms with E-state index in [0.717, 1.165) is 17.7 Å². The molecule has 270 valence electrons. The average molecular weight is 724 g/mol. The first-order valence-electron chi connectivity index (χ1n) is 16.3. The third kappa shape index (κ3) is 8.76. The molecule has 0 spiro atoms. The van der Waals surface area contributed by atoms with Crippen LogP contribution in [0.2, 0.25) is 0 Å². The molecule has 2 aromatic heterocycles. The second-order valence-corrected chi connectivity index (χ2v) is 12.1. The summed E-state index contributed by atoms with van der Waals surface area (Å²) >= 11 is 0. The minimum Gasteiger partial charge on any atom is -0.455 e. The second-order valence-electron chi connectivity index (χ2n) is 12.1. The van der Waals surface area contributed by atoms with Crippen molar-refractivity contribution in [2.24, 2.45) is 0 Å². The summed E-state index contributed by atoms with van der Waals surface area (Å²) in [5.41, 5.74) is 2.67. The van der Waals surface area contributed by atoms with Crippen molar-refractivity contribution in [2.75, 3.05) is 10.6 Å². The predicted octanol–water partition coefficient (Wildman–Crippen LogP) is 6.37. The number of nitrogens with one attached hydrogen (secondary N) is 4. The van der Waals surface area contributed by atoms with Crippen LogP contribution >= 0.6 is 0 Å². The van der Waals surface area contributed by atoms with Crippen LogP contribution in [0.4, 0.5) is 24.5 Å². The van der Waals surface area contributed by atoms with Crippen molar-refractivity contribution < 1.29 is 37.1 Å². The van der Waals surface area contributed by atoms with Crippen LogP contribution in [0.5, 0.6) is 0 Å². The van der Waals surface area contributed by atoms with Gasteiger partial charge in [-0.05, 0) is 73.5 Å². The maximum absolute atomic E-state index is 13.7. The number of aromatic amines is 1. The van der Waals surface area contributed by atoms with Crippen LogP contribution in [0.3, 0.4) is 0 Å². The van der Waals surface area contributed by atoms with Crippen LogP contribution in [0.25, 0.3) is 16.6 Å². The Kier molecular flexibility index (Phi) is 10.4. The first-order chi connectivity index (χ1) is 25.3. The van der Waals surface area contributed by atoms with Crippen molar-refractivity contribution in [3.63, 3.8) is 0 Å². The third-order valence-corrected chi connectivity index (χ3v) is 8.14. The van der Waals surface area contributed by atoms with Crippen LogP contribution in [0.1, 0.15) is 50.2 Å². The zero-order valence-electron chi connectivity index (χ0n) is 28.3. The highest BCUT2D eigenvalue weighted by Crippen LogP contribution is 2.32. The molecule has 1 atom stereocenters. The van der Waals surface area contributed by atoms with Crippen LogP contribution in [-0.4, -0.2) is 49.4 Å². The molecule has 4 N–H and O–H groups in total. The highest BCUT2D eigenvalue weighted by Gasteiger charge is 2.32. The Bertz CT molecular complexity index is 2320. The first-order valence-corrected chi connectivity index (χ1v) is 16.3. The number of H-pyrrole nitrogens is 1. The largest absolute Gasteiger partial charge is 0.455 e. The standard InChI is InChI=1S/C38H32F3N7O5/c1-22-19-48(21-43-22)30-15-26(14-27(16-30)38(39,40)41)35(50)45-29-10-6-9-25(13-29)18-42-28-11-12-31-32(17-28)46-47-33(31)36(51)44-23(2)34(49)37(52)53-20-24-7-4-3-5-8-24/h3-17,19,21,23,42H,18,20H2,1-2H3,(H,44,51)(H,45,50)(H,46,47)/t23-/m0/s1. The summed E-state index contributed by atoms with van der Waals surface area (Å²) in [5, 5.41) is 15.8. The lowest BCUT2D eigenvalue weighted by atomic mass is 10.1. The topological polar surface area (TPSA) is 160 Å². The number of ketones is 1. The summed E-state index contributed by atoms with van der Waals surface area (Å²) in [4.78, 5) is 55.0. The van der Waals surface area contributed by atoms with Crippen molar-refractivity contribution >= 4 is 45.8 Å². The monoisotopic (exact) mass is 723 g/mol. The summed E-state index contributed by atoms with van der Waals surface area (Å²) in [7, 11) is 0. The maximum atomic E-state index is 13.7. The molecule has 0 saturated heterocycles. The molecule has 15 heteroatoms. The Morgan fingerprint density at radius 1 is 0.887 bits per heavy atom.